The van der Waals surface area contributed by atoms with Crippen LogP contribution in [0.4, 0.5) is 26.3 Å². The Morgan fingerprint density at radius 2 is 0.773 bits per heavy atom. The summed E-state index contributed by atoms with van der Waals surface area (Å²) < 4.78 is 96.6. The first kappa shape index (κ1) is 55.6. The molecule has 0 fully saturated rings. The van der Waals surface area contributed by atoms with Crippen LogP contribution >= 0.6 is 0 Å². The average molecular weight is 1150 g/mol. The van der Waals surface area contributed by atoms with Gasteiger partial charge in [0.15, 0.2) is 0 Å². The maximum atomic E-state index is 15.6. The lowest BCUT2D eigenvalue weighted by Gasteiger charge is -2.24. The Morgan fingerprint density at radius 3 is 1.16 bits per heavy atom. The number of rotatable bonds is 7. The maximum absolute atomic E-state index is 15.6. The van der Waals surface area contributed by atoms with Crippen LogP contribution in [0.15, 0.2) is 182 Å². The molecule has 0 spiro atoms. The van der Waals surface area contributed by atoms with Crippen molar-refractivity contribution >= 4 is 43.6 Å². The highest BCUT2D eigenvalue weighted by molar-refractivity contribution is 6.14. The summed E-state index contributed by atoms with van der Waals surface area (Å²) >= 11 is 0. The third-order valence-corrected chi connectivity index (χ3v) is 15.9. The monoisotopic (exact) mass is 1150 g/mol. The summed E-state index contributed by atoms with van der Waals surface area (Å²) in [6, 6.07) is 57.2. The molecule has 2 heterocycles. The van der Waals surface area contributed by atoms with Crippen LogP contribution in [0.1, 0.15) is 61.6 Å². The van der Waals surface area contributed by atoms with Crippen molar-refractivity contribution in [3.63, 3.8) is 0 Å². The van der Waals surface area contributed by atoms with Crippen LogP contribution in [0.2, 0.25) is 0 Å². The second kappa shape index (κ2) is 21.3. The van der Waals surface area contributed by atoms with Crippen molar-refractivity contribution in [1.82, 2.24) is 9.13 Å². The molecule has 17 heteroatoms. The maximum Gasteiger partial charge on any atom is 0.417 e. The standard InChI is InChI=1S/C71H31F6N11/c72-70(73,74)61-2-1-3-62(71(75,76)77)69(61)60-29-68(88-65-26-45(54-14-6-41(32-80)22-49(54)36-84)10-18-58(65)59-19-11-46(27-66(59)88)55-15-7-42(33-81)23-50(55)37-85)67(28-51(60)38-86)87-63-24-43(52-12-4-39(30-78)20-47(52)34-82)8-16-56(63)57-17-9-44(25-64(57)87)53-13-5-40(31-79)21-48(53)35-83/h1-29,49,54H. The van der Waals surface area contributed by atoms with Crippen LogP contribution < -0.4 is 0 Å². The van der Waals surface area contributed by atoms with E-state index in [1.807, 2.05) is 24.3 Å². The third kappa shape index (κ3) is 9.20. The molecular formula is C71H31F6N11. The van der Waals surface area contributed by atoms with Gasteiger partial charge in [0.25, 0.3) is 0 Å². The molecule has 11 aromatic rings. The van der Waals surface area contributed by atoms with E-state index in [4.69, 9.17) is 0 Å². The zero-order valence-corrected chi connectivity index (χ0v) is 45.1. The number of aromatic nitrogens is 2. The van der Waals surface area contributed by atoms with Gasteiger partial charge in [0, 0.05) is 44.2 Å². The number of hydrogen-bond donors (Lipinski definition) is 0. The molecule has 1 aliphatic rings. The van der Waals surface area contributed by atoms with Gasteiger partial charge in [-0.05, 0) is 136 Å². The van der Waals surface area contributed by atoms with E-state index >= 15 is 26.3 Å². The van der Waals surface area contributed by atoms with Gasteiger partial charge < -0.3 is 9.13 Å². The molecule has 0 radical (unpaired) electrons. The molecule has 1 aliphatic carbocycles. The fourth-order valence-corrected chi connectivity index (χ4v) is 11.9. The van der Waals surface area contributed by atoms with Crippen LogP contribution in [-0.2, 0) is 12.4 Å². The van der Waals surface area contributed by atoms with E-state index in [1.165, 1.54) is 48.5 Å². The van der Waals surface area contributed by atoms with Crippen molar-refractivity contribution in [3.05, 3.63) is 237 Å². The third-order valence-electron chi connectivity index (χ3n) is 15.9. The summed E-state index contributed by atoms with van der Waals surface area (Å²) in [5.41, 5.74) is -0.828. The summed E-state index contributed by atoms with van der Waals surface area (Å²) in [5.74, 6) is -1.57. The minimum absolute atomic E-state index is 0.00747. The Labute approximate surface area is 496 Å². The molecule has 0 saturated carbocycles. The molecule has 0 aliphatic heterocycles. The molecule has 0 amide bonds. The molecule has 2 unspecified atom stereocenters. The van der Waals surface area contributed by atoms with Gasteiger partial charge in [-0.25, -0.2) is 0 Å². The van der Waals surface area contributed by atoms with Crippen LogP contribution in [0.5, 0.6) is 0 Å². The van der Waals surface area contributed by atoms with Gasteiger partial charge in [-0.1, -0.05) is 78.9 Å². The van der Waals surface area contributed by atoms with E-state index in [1.54, 1.807) is 112 Å². The minimum Gasteiger partial charge on any atom is -0.307 e. The van der Waals surface area contributed by atoms with Crippen molar-refractivity contribution < 1.29 is 26.3 Å². The molecular weight excluding hydrogens is 1120 g/mol. The Hall–Kier alpha value is -13.0. The van der Waals surface area contributed by atoms with Gasteiger partial charge >= 0.3 is 12.4 Å². The first-order valence-electron chi connectivity index (χ1n) is 26.5. The van der Waals surface area contributed by atoms with Crippen molar-refractivity contribution in [1.29, 1.82) is 47.4 Å². The molecule has 0 bridgehead atoms. The number of hydrogen-bond acceptors (Lipinski definition) is 9. The molecule has 0 N–H and O–H groups in total. The van der Waals surface area contributed by atoms with E-state index in [0.29, 0.717) is 95.2 Å². The van der Waals surface area contributed by atoms with Crippen molar-refractivity contribution in [2.24, 2.45) is 5.92 Å². The number of fused-ring (bicyclic) bond motifs is 6. The summed E-state index contributed by atoms with van der Waals surface area (Å²) in [7, 11) is 0. The van der Waals surface area contributed by atoms with Crippen LogP contribution in [0.25, 0.3) is 99.5 Å². The fourth-order valence-electron chi connectivity index (χ4n) is 11.9. The highest BCUT2D eigenvalue weighted by Crippen LogP contribution is 2.49. The number of halogens is 6. The zero-order valence-electron chi connectivity index (χ0n) is 45.1. The Morgan fingerprint density at radius 1 is 0.375 bits per heavy atom. The van der Waals surface area contributed by atoms with E-state index < -0.39 is 52.0 Å². The summed E-state index contributed by atoms with van der Waals surface area (Å²) in [5, 5.41) is 94.6. The first-order chi connectivity index (χ1) is 42.5. The number of nitriles is 9. The van der Waals surface area contributed by atoms with E-state index in [-0.39, 0.29) is 55.8 Å². The molecule has 9 aromatic carbocycles. The minimum atomic E-state index is -5.41. The summed E-state index contributed by atoms with van der Waals surface area (Å²) in [6.07, 6.45) is -6.05. The molecule has 2 atom stereocenters. The number of allylic oxidation sites excluding steroid dienone is 4. The Bertz CT molecular complexity index is 5230. The normalized spacial score (nSPS) is 13.7. The molecule has 0 saturated heterocycles. The highest BCUT2D eigenvalue weighted by Gasteiger charge is 2.42. The van der Waals surface area contributed by atoms with E-state index in [9.17, 15) is 47.4 Å². The Kier molecular flexibility index (Phi) is 13.5. The van der Waals surface area contributed by atoms with Gasteiger partial charge in [0.2, 0.25) is 0 Å². The lowest BCUT2D eigenvalue weighted by molar-refractivity contribution is -0.142. The van der Waals surface area contributed by atoms with Crippen molar-refractivity contribution in [2.75, 3.05) is 0 Å². The molecule has 2 aromatic heterocycles. The molecule has 12 rings (SSSR count). The second-order valence-corrected chi connectivity index (χ2v) is 20.6. The van der Waals surface area contributed by atoms with Gasteiger partial charge in [-0.2, -0.15) is 73.7 Å². The highest BCUT2D eigenvalue weighted by atomic mass is 19.4. The molecule has 412 valence electrons. The predicted octanol–water partition coefficient (Wildman–Crippen LogP) is 16.9. The molecule has 11 nitrogen and oxygen atoms in total. The van der Waals surface area contributed by atoms with Gasteiger partial charge in [-0.3, -0.25) is 0 Å². The number of nitrogens with zero attached hydrogens (tertiary/aromatic N) is 11. The van der Waals surface area contributed by atoms with Gasteiger partial charge in [0.1, 0.15) is 0 Å². The lowest BCUT2D eigenvalue weighted by Crippen LogP contribution is -2.15. The quantitative estimate of drug-likeness (QED) is 0.138. The summed E-state index contributed by atoms with van der Waals surface area (Å²) in [6.45, 7) is 0. The van der Waals surface area contributed by atoms with Crippen molar-refractivity contribution in [3.8, 4) is 111 Å². The second-order valence-electron chi connectivity index (χ2n) is 20.6. The first-order valence-corrected chi connectivity index (χ1v) is 26.5. The molecule has 88 heavy (non-hydrogen) atoms. The largest absolute Gasteiger partial charge is 0.417 e. The van der Waals surface area contributed by atoms with Gasteiger partial charge in [-0.15, -0.1) is 0 Å². The fraction of sp³-hybridized carbons (Fsp3) is 0.0563. The van der Waals surface area contributed by atoms with Crippen LogP contribution in [0.3, 0.4) is 0 Å². The predicted molar refractivity (Wildman–Crippen MR) is 315 cm³/mol. The Balaban J connectivity index is 1.31. The van der Waals surface area contributed by atoms with Crippen LogP contribution in [0, 0.1) is 108 Å². The smallest absolute Gasteiger partial charge is 0.307 e. The average Bonchev–Trinajstić information content (AvgIpc) is 1.66. The van der Waals surface area contributed by atoms with E-state index in [0.717, 1.165) is 6.07 Å². The zero-order chi connectivity index (χ0) is 61.9. The topological polar surface area (TPSA) is 224 Å². The van der Waals surface area contributed by atoms with Crippen molar-refractivity contribution in [2.45, 2.75) is 18.3 Å². The lowest BCUT2D eigenvalue weighted by atomic mass is 9.82. The van der Waals surface area contributed by atoms with E-state index in [2.05, 4.69) is 30.3 Å². The summed E-state index contributed by atoms with van der Waals surface area (Å²) in [4.78, 5) is 0. The SMILES string of the molecule is N#CC1=CC(C#N)C(c2ccc3c4ccc(-c5ccc(C#N)cc5C#N)cc4n(-c4cc(-c5c(C(F)(F)F)cccc5C(F)(F)F)c(C#N)cc4-n4c5cc(-c6ccc(C#N)cc6C#N)ccc5c5ccc(-c6ccc(C#N)cc6C#N)cc54)c3c2)C=C1. The number of benzene rings is 9. The van der Waals surface area contributed by atoms with Crippen LogP contribution in [-0.4, -0.2) is 9.13 Å². The number of alkyl halides is 6. The van der Waals surface area contributed by atoms with Gasteiger partial charge in [0.05, 0.1) is 144 Å².